The Kier molecular flexibility index (Phi) is 5.54. The van der Waals surface area contributed by atoms with Crippen LogP contribution in [0.25, 0.3) is 11.3 Å². The zero-order valence-electron chi connectivity index (χ0n) is 13.4. The molecule has 0 spiro atoms. The molecule has 2 aromatic carbocycles. The van der Waals surface area contributed by atoms with Crippen LogP contribution in [0.4, 0.5) is 0 Å². The maximum Gasteiger partial charge on any atom is 0.193 e. The lowest BCUT2D eigenvalue weighted by Gasteiger charge is -2.14. The highest BCUT2D eigenvalue weighted by atomic mass is 28.2. The number of aryl methyl sites for hydroxylation is 2. The van der Waals surface area contributed by atoms with Gasteiger partial charge >= 0.3 is 0 Å². The lowest BCUT2D eigenvalue weighted by Crippen LogP contribution is -2.10. The Bertz CT molecular complexity index is 629. The van der Waals surface area contributed by atoms with Crippen molar-refractivity contribution < 1.29 is 4.43 Å². The second kappa shape index (κ2) is 7.39. The SMILES string of the molecule is Cc1ccccc1C=C([SiH2]OC(C)C)c1ccccc1C. The lowest BCUT2D eigenvalue weighted by molar-refractivity contribution is 0.261. The van der Waals surface area contributed by atoms with E-state index in [9.17, 15) is 0 Å². The summed E-state index contributed by atoms with van der Waals surface area (Å²) in [5.74, 6) is 0. The van der Waals surface area contributed by atoms with Crippen LogP contribution in [0, 0.1) is 13.8 Å². The highest BCUT2D eigenvalue weighted by Crippen LogP contribution is 2.22. The topological polar surface area (TPSA) is 9.23 Å². The Hall–Kier alpha value is -1.64. The molecule has 0 fully saturated rings. The van der Waals surface area contributed by atoms with Gasteiger partial charge in [0.05, 0.1) is 0 Å². The minimum atomic E-state index is -0.741. The van der Waals surface area contributed by atoms with Crippen molar-refractivity contribution in [3.63, 3.8) is 0 Å². The number of hydrogen-bond donors (Lipinski definition) is 0. The van der Waals surface area contributed by atoms with Gasteiger partial charge in [0, 0.05) is 6.10 Å². The molecule has 2 heteroatoms. The quantitative estimate of drug-likeness (QED) is 0.590. The molecule has 21 heavy (non-hydrogen) atoms. The zero-order valence-corrected chi connectivity index (χ0v) is 14.8. The first-order valence-electron chi connectivity index (χ1n) is 7.51. The number of hydrogen-bond acceptors (Lipinski definition) is 1. The van der Waals surface area contributed by atoms with E-state index in [1.165, 1.54) is 27.5 Å². The molecular formula is C19H24OSi. The van der Waals surface area contributed by atoms with E-state index in [0.717, 1.165) is 0 Å². The van der Waals surface area contributed by atoms with Crippen molar-refractivity contribution in [3.8, 4) is 0 Å². The maximum absolute atomic E-state index is 6.00. The normalized spacial score (nSPS) is 12.5. The van der Waals surface area contributed by atoms with E-state index in [2.05, 4.69) is 82.3 Å². The Balaban J connectivity index is 2.41. The summed E-state index contributed by atoms with van der Waals surface area (Å²) in [6.07, 6.45) is 2.60. The summed E-state index contributed by atoms with van der Waals surface area (Å²) in [7, 11) is -0.741. The average Bonchev–Trinajstić information content (AvgIpc) is 2.46. The summed E-state index contributed by atoms with van der Waals surface area (Å²) in [5, 5.41) is 1.37. The van der Waals surface area contributed by atoms with Gasteiger partial charge in [0.15, 0.2) is 9.76 Å². The minimum Gasteiger partial charge on any atom is -0.416 e. The largest absolute Gasteiger partial charge is 0.416 e. The Labute approximate surface area is 130 Å². The number of benzene rings is 2. The van der Waals surface area contributed by atoms with Crippen molar-refractivity contribution in [2.45, 2.75) is 33.8 Å². The molecule has 0 radical (unpaired) electrons. The van der Waals surface area contributed by atoms with Gasteiger partial charge in [-0.15, -0.1) is 0 Å². The summed E-state index contributed by atoms with van der Waals surface area (Å²) in [6, 6.07) is 17.1. The molecule has 0 aromatic heterocycles. The van der Waals surface area contributed by atoms with E-state index in [1.54, 1.807) is 0 Å². The monoisotopic (exact) mass is 296 g/mol. The highest BCUT2D eigenvalue weighted by Gasteiger charge is 2.08. The van der Waals surface area contributed by atoms with E-state index < -0.39 is 9.76 Å². The van der Waals surface area contributed by atoms with Crippen LogP contribution in [0.15, 0.2) is 48.5 Å². The van der Waals surface area contributed by atoms with E-state index in [0.29, 0.717) is 6.10 Å². The fourth-order valence-electron chi connectivity index (χ4n) is 2.32. The van der Waals surface area contributed by atoms with E-state index in [1.807, 2.05) is 0 Å². The first-order valence-corrected chi connectivity index (χ1v) is 8.80. The Morgan fingerprint density at radius 1 is 0.952 bits per heavy atom. The smallest absolute Gasteiger partial charge is 0.193 e. The standard InChI is InChI=1S/C19H24OSi/c1-14(2)20-21-19(18-12-8-6-10-16(18)4)13-17-11-7-5-9-15(17)3/h5-14H,21H2,1-4H3. The van der Waals surface area contributed by atoms with Crippen molar-refractivity contribution in [3.05, 3.63) is 70.8 Å². The van der Waals surface area contributed by atoms with Crippen LogP contribution >= 0.6 is 0 Å². The van der Waals surface area contributed by atoms with Gasteiger partial charge in [0.1, 0.15) is 0 Å². The van der Waals surface area contributed by atoms with E-state index in [-0.39, 0.29) is 0 Å². The molecule has 0 saturated heterocycles. The molecule has 2 aromatic rings. The molecule has 0 atom stereocenters. The molecule has 0 aliphatic heterocycles. The molecule has 0 N–H and O–H groups in total. The number of rotatable bonds is 5. The van der Waals surface area contributed by atoms with Crippen LogP contribution in [0.5, 0.6) is 0 Å². The minimum absolute atomic E-state index is 0.293. The predicted molar refractivity (Wildman–Crippen MR) is 95.0 cm³/mol. The molecule has 110 valence electrons. The second-order valence-electron chi connectivity index (χ2n) is 5.70. The summed E-state index contributed by atoms with van der Waals surface area (Å²) in [6.45, 7) is 8.55. The zero-order chi connectivity index (χ0) is 15.2. The van der Waals surface area contributed by atoms with Gasteiger partial charge in [-0.05, 0) is 55.1 Å². The van der Waals surface area contributed by atoms with Crippen LogP contribution in [-0.4, -0.2) is 15.9 Å². The maximum atomic E-state index is 6.00. The van der Waals surface area contributed by atoms with E-state index >= 15 is 0 Å². The third kappa shape index (κ3) is 4.41. The Morgan fingerprint density at radius 3 is 2.19 bits per heavy atom. The molecule has 0 amide bonds. The van der Waals surface area contributed by atoms with Gasteiger partial charge in [-0.25, -0.2) is 0 Å². The van der Waals surface area contributed by atoms with Crippen LogP contribution in [0.3, 0.4) is 0 Å². The van der Waals surface area contributed by atoms with Crippen LogP contribution in [-0.2, 0) is 4.43 Å². The molecular weight excluding hydrogens is 272 g/mol. The van der Waals surface area contributed by atoms with Crippen LogP contribution in [0.2, 0.25) is 0 Å². The first-order chi connectivity index (χ1) is 10.1. The second-order valence-corrected chi connectivity index (χ2v) is 7.08. The van der Waals surface area contributed by atoms with Crippen molar-refractivity contribution in [1.82, 2.24) is 0 Å². The van der Waals surface area contributed by atoms with Gasteiger partial charge in [0.2, 0.25) is 0 Å². The van der Waals surface area contributed by atoms with Gasteiger partial charge < -0.3 is 4.43 Å². The highest BCUT2D eigenvalue weighted by molar-refractivity contribution is 6.57. The van der Waals surface area contributed by atoms with Gasteiger partial charge in [-0.2, -0.15) is 0 Å². The summed E-state index contributed by atoms with van der Waals surface area (Å²) in [4.78, 5) is 0. The summed E-state index contributed by atoms with van der Waals surface area (Å²) in [5.41, 5.74) is 5.24. The van der Waals surface area contributed by atoms with Crippen LogP contribution in [0.1, 0.15) is 36.1 Å². The van der Waals surface area contributed by atoms with Gasteiger partial charge in [0.25, 0.3) is 0 Å². The third-order valence-corrected chi connectivity index (χ3v) is 5.31. The van der Waals surface area contributed by atoms with Crippen molar-refractivity contribution in [1.29, 1.82) is 0 Å². The Morgan fingerprint density at radius 2 is 1.57 bits per heavy atom. The van der Waals surface area contributed by atoms with Crippen molar-refractivity contribution in [2.75, 3.05) is 0 Å². The molecule has 0 unspecified atom stereocenters. The molecule has 0 aliphatic carbocycles. The van der Waals surface area contributed by atoms with Crippen molar-refractivity contribution in [2.24, 2.45) is 0 Å². The predicted octanol–water partition coefficient (Wildman–Crippen LogP) is 4.31. The molecule has 0 saturated carbocycles. The molecule has 0 bridgehead atoms. The first kappa shape index (κ1) is 15.7. The van der Waals surface area contributed by atoms with Gasteiger partial charge in [-0.3, -0.25) is 0 Å². The van der Waals surface area contributed by atoms with Crippen molar-refractivity contribution >= 4 is 21.0 Å². The fourth-order valence-corrected chi connectivity index (χ4v) is 3.69. The molecule has 1 nitrogen and oxygen atoms in total. The molecule has 2 rings (SSSR count). The van der Waals surface area contributed by atoms with Crippen LogP contribution < -0.4 is 0 Å². The van der Waals surface area contributed by atoms with Gasteiger partial charge in [-0.1, -0.05) is 54.6 Å². The fraction of sp³-hybridized carbons (Fsp3) is 0.263. The summed E-state index contributed by atoms with van der Waals surface area (Å²) < 4.78 is 6.00. The van der Waals surface area contributed by atoms with E-state index in [4.69, 9.17) is 4.43 Å². The third-order valence-electron chi connectivity index (χ3n) is 3.58. The molecule has 0 aliphatic rings. The summed E-state index contributed by atoms with van der Waals surface area (Å²) >= 11 is 0. The average molecular weight is 296 g/mol. The molecule has 0 heterocycles. The lowest BCUT2D eigenvalue weighted by atomic mass is 10.0.